The number of benzene rings is 1. The summed E-state index contributed by atoms with van der Waals surface area (Å²) in [6.07, 6.45) is 6.19. The lowest BCUT2D eigenvalue weighted by Crippen LogP contribution is -2.48. The SMILES string of the molecule is O=C(CCCN1CCCC1=O)N[C@@H]1CCCN(CCc2ccccc2)C1. The van der Waals surface area contributed by atoms with E-state index in [1.54, 1.807) is 0 Å². The van der Waals surface area contributed by atoms with Gasteiger partial charge in [-0.1, -0.05) is 30.3 Å². The quantitative estimate of drug-likeness (QED) is 0.776. The maximum atomic E-state index is 12.2. The molecule has 5 heteroatoms. The van der Waals surface area contributed by atoms with E-state index in [1.165, 1.54) is 5.56 Å². The van der Waals surface area contributed by atoms with Gasteiger partial charge in [0, 0.05) is 45.1 Å². The molecule has 2 aliphatic heterocycles. The molecule has 0 spiro atoms. The highest BCUT2D eigenvalue weighted by molar-refractivity contribution is 5.78. The monoisotopic (exact) mass is 357 g/mol. The third-order valence-corrected chi connectivity index (χ3v) is 5.43. The van der Waals surface area contributed by atoms with Crippen LogP contribution in [-0.4, -0.2) is 60.4 Å². The number of hydrogen-bond donors (Lipinski definition) is 1. The van der Waals surface area contributed by atoms with E-state index in [0.717, 1.165) is 64.8 Å². The third kappa shape index (κ3) is 5.84. The zero-order chi connectivity index (χ0) is 18.2. The lowest BCUT2D eigenvalue weighted by atomic mass is 10.0. The van der Waals surface area contributed by atoms with Gasteiger partial charge in [0.15, 0.2) is 0 Å². The Morgan fingerprint density at radius 2 is 1.96 bits per heavy atom. The first-order valence-electron chi connectivity index (χ1n) is 10.0. The second-order valence-electron chi connectivity index (χ2n) is 7.53. The van der Waals surface area contributed by atoms with Crippen molar-refractivity contribution in [2.75, 3.05) is 32.7 Å². The minimum atomic E-state index is 0.131. The van der Waals surface area contributed by atoms with E-state index in [4.69, 9.17) is 0 Å². The van der Waals surface area contributed by atoms with Crippen molar-refractivity contribution in [2.45, 2.75) is 51.0 Å². The van der Waals surface area contributed by atoms with Gasteiger partial charge >= 0.3 is 0 Å². The van der Waals surface area contributed by atoms with Crippen LogP contribution in [0.4, 0.5) is 0 Å². The summed E-state index contributed by atoms with van der Waals surface area (Å²) in [6.45, 7) is 4.70. The molecule has 2 fully saturated rings. The van der Waals surface area contributed by atoms with Crippen molar-refractivity contribution in [3.8, 4) is 0 Å². The van der Waals surface area contributed by atoms with Crippen molar-refractivity contribution in [1.82, 2.24) is 15.1 Å². The highest BCUT2D eigenvalue weighted by atomic mass is 16.2. The van der Waals surface area contributed by atoms with Crippen molar-refractivity contribution in [3.63, 3.8) is 0 Å². The molecule has 0 saturated carbocycles. The number of nitrogens with one attached hydrogen (secondary N) is 1. The fraction of sp³-hybridized carbons (Fsp3) is 0.619. The molecular formula is C21H31N3O2. The van der Waals surface area contributed by atoms with Gasteiger partial charge in [0.1, 0.15) is 0 Å². The molecular weight excluding hydrogens is 326 g/mol. The molecule has 1 aromatic rings. The molecule has 0 aliphatic carbocycles. The topological polar surface area (TPSA) is 52.7 Å². The van der Waals surface area contributed by atoms with E-state index in [2.05, 4.69) is 40.5 Å². The molecule has 142 valence electrons. The molecule has 2 aliphatic rings. The van der Waals surface area contributed by atoms with E-state index in [0.29, 0.717) is 12.8 Å². The Morgan fingerprint density at radius 3 is 2.73 bits per heavy atom. The van der Waals surface area contributed by atoms with Crippen LogP contribution in [0.5, 0.6) is 0 Å². The number of amides is 2. The molecule has 2 heterocycles. The number of carbonyl (C=O) groups is 2. The standard InChI is InChI=1S/C21H31N3O2/c25-20(10-5-14-24-15-6-11-21(24)26)22-19-9-4-13-23(17-19)16-12-18-7-2-1-3-8-18/h1-3,7-8,19H,4-6,9-17H2,(H,22,25)/t19-/m1/s1. The van der Waals surface area contributed by atoms with Crippen LogP contribution < -0.4 is 5.32 Å². The van der Waals surface area contributed by atoms with Crippen LogP contribution in [0.1, 0.15) is 44.1 Å². The van der Waals surface area contributed by atoms with Crippen LogP contribution in [0.3, 0.4) is 0 Å². The zero-order valence-corrected chi connectivity index (χ0v) is 15.7. The van der Waals surface area contributed by atoms with Gasteiger partial charge < -0.3 is 15.1 Å². The summed E-state index contributed by atoms with van der Waals surface area (Å²) in [6, 6.07) is 10.8. The maximum Gasteiger partial charge on any atom is 0.222 e. The Morgan fingerprint density at radius 1 is 1.12 bits per heavy atom. The van der Waals surface area contributed by atoms with Crippen LogP contribution in [0.2, 0.25) is 0 Å². The van der Waals surface area contributed by atoms with Gasteiger partial charge in [-0.2, -0.15) is 0 Å². The normalized spacial score (nSPS) is 21.2. The zero-order valence-electron chi connectivity index (χ0n) is 15.7. The minimum absolute atomic E-state index is 0.131. The first-order valence-corrected chi connectivity index (χ1v) is 10.0. The smallest absolute Gasteiger partial charge is 0.222 e. The van der Waals surface area contributed by atoms with Crippen molar-refractivity contribution in [3.05, 3.63) is 35.9 Å². The highest BCUT2D eigenvalue weighted by Crippen LogP contribution is 2.13. The average Bonchev–Trinajstić information content (AvgIpc) is 3.06. The molecule has 1 aromatic carbocycles. The number of hydrogen-bond acceptors (Lipinski definition) is 3. The van der Waals surface area contributed by atoms with E-state index in [1.807, 2.05) is 4.90 Å². The molecule has 1 atom stereocenters. The first kappa shape index (κ1) is 18.9. The van der Waals surface area contributed by atoms with Crippen molar-refractivity contribution in [2.24, 2.45) is 0 Å². The van der Waals surface area contributed by atoms with E-state index in [9.17, 15) is 9.59 Å². The summed E-state index contributed by atoms with van der Waals surface area (Å²) in [7, 11) is 0. The summed E-state index contributed by atoms with van der Waals surface area (Å²) < 4.78 is 0. The predicted molar refractivity (Wildman–Crippen MR) is 103 cm³/mol. The molecule has 2 saturated heterocycles. The fourth-order valence-electron chi connectivity index (χ4n) is 3.98. The van der Waals surface area contributed by atoms with Crippen LogP contribution in [0.25, 0.3) is 0 Å². The van der Waals surface area contributed by atoms with Crippen LogP contribution in [0, 0.1) is 0 Å². The van der Waals surface area contributed by atoms with Crippen LogP contribution in [-0.2, 0) is 16.0 Å². The Hall–Kier alpha value is -1.88. The van der Waals surface area contributed by atoms with Gasteiger partial charge in [0.2, 0.25) is 11.8 Å². The van der Waals surface area contributed by atoms with Crippen LogP contribution >= 0.6 is 0 Å². The van der Waals surface area contributed by atoms with Gasteiger partial charge in [-0.25, -0.2) is 0 Å². The van der Waals surface area contributed by atoms with Gasteiger partial charge in [0.05, 0.1) is 0 Å². The second kappa shape index (κ2) is 9.72. The summed E-state index contributed by atoms with van der Waals surface area (Å²) in [4.78, 5) is 28.2. The Bertz CT molecular complexity index is 590. The largest absolute Gasteiger partial charge is 0.352 e. The summed E-state index contributed by atoms with van der Waals surface area (Å²) in [5, 5.41) is 3.20. The van der Waals surface area contributed by atoms with Gasteiger partial charge in [-0.05, 0) is 44.2 Å². The minimum Gasteiger partial charge on any atom is -0.352 e. The molecule has 0 radical (unpaired) electrons. The average molecular weight is 357 g/mol. The summed E-state index contributed by atoms with van der Waals surface area (Å²) >= 11 is 0. The summed E-state index contributed by atoms with van der Waals surface area (Å²) in [5.74, 6) is 0.373. The number of nitrogens with zero attached hydrogens (tertiary/aromatic N) is 2. The first-order chi connectivity index (χ1) is 12.7. The number of rotatable bonds is 8. The molecule has 5 nitrogen and oxygen atoms in total. The lowest BCUT2D eigenvalue weighted by Gasteiger charge is -2.33. The number of piperidine rings is 1. The van der Waals surface area contributed by atoms with Crippen molar-refractivity contribution >= 4 is 11.8 Å². The molecule has 0 aromatic heterocycles. The Labute approximate surface area is 156 Å². The molecule has 2 amide bonds. The van der Waals surface area contributed by atoms with Gasteiger partial charge in [-0.15, -0.1) is 0 Å². The number of carbonyl (C=O) groups excluding carboxylic acids is 2. The molecule has 1 N–H and O–H groups in total. The van der Waals surface area contributed by atoms with Crippen LogP contribution in [0.15, 0.2) is 30.3 Å². The summed E-state index contributed by atoms with van der Waals surface area (Å²) in [5.41, 5.74) is 1.37. The van der Waals surface area contributed by atoms with Gasteiger partial charge in [0.25, 0.3) is 0 Å². The maximum absolute atomic E-state index is 12.2. The van der Waals surface area contributed by atoms with E-state index < -0.39 is 0 Å². The Balaban J connectivity index is 1.33. The van der Waals surface area contributed by atoms with Gasteiger partial charge in [-0.3, -0.25) is 9.59 Å². The lowest BCUT2D eigenvalue weighted by molar-refractivity contribution is -0.128. The fourth-order valence-corrected chi connectivity index (χ4v) is 3.98. The van der Waals surface area contributed by atoms with Crippen molar-refractivity contribution < 1.29 is 9.59 Å². The second-order valence-corrected chi connectivity index (χ2v) is 7.53. The molecule has 0 bridgehead atoms. The Kier molecular flexibility index (Phi) is 7.06. The van der Waals surface area contributed by atoms with E-state index >= 15 is 0 Å². The number of likely N-dealkylation sites (tertiary alicyclic amines) is 2. The predicted octanol–water partition coefficient (Wildman–Crippen LogP) is 2.21. The third-order valence-electron chi connectivity index (χ3n) is 5.43. The van der Waals surface area contributed by atoms with E-state index in [-0.39, 0.29) is 17.9 Å². The molecule has 3 rings (SSSR count). The molecule has 0 unspecified atom stereocenters. The highest BCUT2D eigenvalue weighted by Gasteiger charge is 2.22. The molecule has 26 heavy (non-hydrogen) atoms. The van der Waals surface area contributed by atoms with Crippen molar-refractivity contribution in [1.29, 1.82) is 0 Å².